The Labute approximate surface area is 105 Å². The van der Waals surface area contributed by atoms with Crippen LogP contribution in [-0.4, -0.2) is 30.3 Å². The highest BCUT2D eigenvalue weighted by molar-refractivity contribution is 5.89. The van der Waals surface area contributed by atoms with Crippen molar-refractivity contribution in [2.24, 2.45) is 0 Å². The number of carboxylic acid groups (broad SMARTS) is 1. The van der Waals surface area contributed by atoms with Crippen LogP contribution in [0.4, 0.5) is 0 Å². The zero-order chi connectivity index (χ0) is 13.4. The summed E-state index contributed by atoms with van der Waals surface area (Å²) in [4.78, 5) is 21.9. The molecule has 0 saturated carbocycles. The number of ether oxygens (including phenoxy) is 2. The lowest BCUT2D eigenvalue weighted by atomic mass is 10.1. The third kappa shape index (κ3) is 4.97. The summed E-state index contributed by atoms with van der Waals surface area (Å²) in [6.07, 6.45) is 0.771. The van der Waals surface area contributed by atoms with Crippen LogP contribution >= 0.6 is 0 Å². The summed E-state index contributed by atoms with van der Waals surface area (Å²) >= 11 is 0. The number of esters is 1. The number of aliphatic carboxylic acids is 1. The molecule has 1 aromatic rings. The molecule has 0 amide bonds. The third-order valence-electron chi connectivity index (χ3n) is 2.09. The fraction of sp³-hybridized carbons (Fsp3) is 0.385. The minimum absolute atomic E-state index is 0.154. The van der Waals surface area contributed by atoms with Gasteiger partial charge in [-0.15, -0.1) is 0 Å². The molecule has 18 heavy (non-hydrogen) atoms. The second-order valence-corrected chi connectivity index (χ2v) is 3.72. The number of carboxylic acids is 1. The van der Waals surface area contributed by atoms with E-state index in [4.69, 9.17) is 14.6 Å². The quantitative estimate of drug-likeness (QED) is 0.750. The van der Waals surface area contributed by atoms with Gasteiger partial charge in [0.25, 0.3) is 0 Å². The van der Waals surface area contributed by atoms with Gasteiger partial charge in [0.2, 0.25) is 0 Å². The molecular weight excluding hydrogens is 236 g/mol. The van der Waals surface area contributed by atoms with Crippen molar-refractivity contribution in [3.8, 4) is 0 Å². The monoisotopic (exact) mass is 252 g/mol. The minimum Gasteiger partial charge on any atom is -0.480 e. The number of carbonyl (C=O) groups is 2. The average Bonchev–Trinajstić information content (AvgIpc) is 2.36. The first-order valence-electron chi connectivity index (χ1n) is 5.69. The summed E-state index contributed by atoms with van der Waals surface area (Å²) in [6.45, 7) is 2.10. The maximum absolute atomic E-state index is 11.6. The Hall–Kier alpha value is -1.88. The van der Waals surface area contributed by atoms with E-state index in [1.807, 2.05) is 6.92 Å². The van der Waals surface area contributed by atoms with E-state index in [0.29, 0.717) is 12.2 Å². The van der Waals surface area contributed by atoms with Gasteiger partial charge in [-0.2, -0.15) is 0 Å². The van der Waals surface area contributed by atoms with Crippen LogP contribution in [0.1, 0.15) is 29.3 Å². The molecule has 0 aromatic heterocycles. The lowest BCUT2D eigenvalue weighted by molar-refractivity contribution is -0.142. The Morgan fingerprint density at radius 1 is 1.33 bits per heavy atom. The number of benzene rings is 1. The van der Waals surface area contributed by atoms with E-state index < -0.39 is 5.97 Å². The fourth-order valence-electron chi connectivity index (χ4n) is 1.32. The highest BCUT2D eigenvalue weighted by Crippen LogP contribution is 2.08. The van der Waals surface area contributed by atoms with Crippen LogP contribution < -0.4 is 0 Å². The van der Waals surface area contributed by atoms with Crippen molar-refractivity contribution in [3.05, 3.63) is 35.4 Å². The molecule has 1 rings (SSSR count). The normalized spacial score (nSPS) is 10.1. The fourth-order valence-corrected chi connectivity index (χ4v) is 1.32. The summed E-state index contributed by atoms with van der Waals surface area (Å²) in [6, 6.07) is 6.76. The third-order valence-corrected chi connectivity index (χ3v) is 2.09. The van der Waals surface area contributed by atoms with Crippen molar-refractivity contribution in [2.75, 3.05) is 13.2 Å². The van der Waals surface area contributed by atoms with Crippen LogP contribution in [0.5, 0.6) is 0 Å². The SMILES string of the molecule is CCCOC(=O)c1cccc(COCC(=O)O)c1. The first-order chi connectivity index (χ1) is 8.63. The van der Waals surface area contributed by atoms with Crippen molar-refractivity contribution < 1.29 is 24.2 Å². The van der Waals surface area contributed by atoms with Crippen LogP contribution in [0.3, 0.4) is 0 Å². The van der Waals surface area contributed by atoms with Crippen LogP contribution in [0.25, 0.3) is 0 Å². The summed E-state index contributed by atoms with van der Waals surface area (Å²) in [5.41, 5.74) is 1.18. The number of hydrogen-bond acceptors (Lipinski definition) is 4. The van der Waals surface area contributed by atoms with Gasteiger partial charge in [-0.1, -0.05) is 19.1 Å². The molecule has 98 valence electrons. The number of rotatable bonds is 7. The molecule has 0 aliphatic carbocycles. The Morgan fingerprint density at radius 2 is 2.11 bits per heavy atom. The zero-order valence-corrected chi connectivity index (χ0v) is 10.2. The first-order valence-corrected chi connectivity index (χ1v) is 5.69. The van der Waals surface area contributed by atoms with Crippen molar-refractivity contribution in [2.45, 2.75) is 20.0 Å². The van der Waals surface area contributed by atoms with Crippen LogP contribution in [-0.2, 0) is 20.9 Å². The largest absolute Gasteiger partial charge is 0.480 e. The highest BCUT2D eigenvalue weighted by atomic mass is 16.5. The molecular formula is C13H16O5. The number of hydrogen-bond donors (Lipinski definition) is 1. The van der Waals surface area contributed by atoms with Gasteiger partial charge in [0.15, 0.2) is 0 Å². The summed E-state index contributed by atoms with van der Waals surface area (Å²) in [7, 11) is 0. The van der Waals surface area contributed by atoms with Gasteiger partial charge in [-0.3, -0.25) is 0 Å². The first kappa shape index (κ1) is 14.2. The molecule has 0 bridgehead atoms. The van der Waals surface area contributed by atoms with Crippen molar-refractivity contribution >= 4 is 11.9 Å². The van der Waals surface area contributed by atoms with Gasteiger partial charge in [-0.25, -0.2) is 9.59 Å². The number of carbonyl (C=O) groups excluding carboxylic acids is 1. The molecule has 0 saturated heterocycles. The molecule has 0 radical (unpaired) electrons. The standard InChI is InChI=1S/C13H16O5/c1-2-6-18-13(16)11-5-3-4-10(7-11)8-17-9-12(14)15/h3-5,7H,2,6,8-9H2,1H3,(H,14,15). The summed E-state index contributed by atoms with van der Waals surface area (Å²) in [5.74, 6) is -1.40. The van der Waals surface area contributed by atoms with Gasteiger partial charge in [0.05, 0.1) is 18.8 Å². The van der Waals surface area contributed by atoms with Crippen molar-refractivity contribution in [3.63, 3.8) is 0 Å². The van der Waals surface area contributed by atoms with E-state index in [-0.39, 0.29) is 19.2 Å². The Morgan fingerprint density at radius 3 is 2.78 bits per heavy atom. The van der Waals surface area contributed by atoms with E-state index in [1.165, 1.54) is 0 Å². The minimum atomic E-state index is -1.02. The highest BCUT2D eigenvalue weighted by Gasteiger charge is 2.07. The summed E-state index contributed by atoms with van der Waals surface area (Å²) < 4.78 is 9.95. The molecule has 5 nitrogen and oxygen atoms in total. The zero-order valence-electron chi connectivity index (χ0n) is 10.2. The molecule has 1 N–H and O–H groups in total. The molecule has 0 heterocycles. The van der Waals surface area contributed by atoms with E-state index in [0.717, 1.165) is 12.0 Å². The maximum Gasteiger partial charge on any atom is 0.338 e. The topological polar surface area (TPSA) is 72.8 Å². The molecule has 0 fully saturated rings. The van der Waals surface area contributed by atoms with Gasteiger partial charge >= 0.3 is 11.9 Å². The van der Waals surface area contributed by atoms with Crippen LogP contribution in [0.2, 0.25) is 0 Å². The predicted molar refractivity (Wildman–Crippen MR) is 64.3 cm³/mol. The average molecular weight is 252 g/mol. The predicted octanol–water partition coefficient (Wildman–Crippen LogP) is 1.85. The molecule has 0 atom stereocenters. The molecule has 0 aliphatic rings. The van der Waals surface area contributed by atoms with E-state index >= 15 is 0 Å². The Balaban J connectivity index is 2.56. The van der Waals surface area contributed by atoms with E-state index in [1.54, 1.807) is 24.3 Å². The van der Waals surface area contributed by atoms with Crippen LogP contribution in [0, 0.1) is 0 Å². The lowest BCUT2D eigenvalue weighted by Gasteiger charge is -2.05. The molecule has 1 aromatic carbocycles. The van der Waals surface area contributed by atoms with Crippen LogP contribution in [0.15, 0.2) is 24.3 Å². The lowest BCUT2D eigenvalue weighted by Crippen LogP contribution is -2.08. The van der Waals surface area contributed by atoms with Crippen molar-refractivity contribution in [1.82, 2.24) is 0 Å². The Bertz CT molecular complexity index is 414. The second kappa shape index (κ2) is 7.45. The molecule has 5 heteroatoms. The second-order valence-electron chi connectivity index (χ2n) is 3.72. The summed E-state index contributed by atoms with van der Waals surface area (Å²) in [5, 5.41) is 8.43. The molecule has 0 aliphatic heterocycles. The van der Waals surface area contributed by atoms with E-state index in [9.17, 15) is 9.59 Å². The smallest absolute Gasteiger partial charge is 0.338 e. The van der Waals surface area contributed by atoms with Gasteiger partial charge in [0, 0.05) is 0 Å². The Kier molecular flexibility index (Phi) is 5.87. The van der Waals surface area contributed by atoms with Gasteiger partial charge in [-0.05, 0) is 24.1 Å². The van der Waals surface area contributed by atoms with E-state index in [2.05, 4.69) is 0 Å². The molecule has 0 spiro atoms. The maximum atomic E-state index is 11.6. The molecule has 0 unspecified atom stereocenters. The van der Waals surface area contributed by atoms with Gasteiger partial charge in [0.1, 0.15) is 6.61 Å². The van der Waals surface area contributed by atoms with Gasteiger partial charge < -0.3 is 14.6 Å². The van der Waals surface area contributed by atoms with Crippen molar-refractivity contribution in [1.29, 1.82) is 0 Å².